The molecule has 0 saturated heterocycles. The number of aromatic nitrogens is 2. The summed E-state index contributed by atoms with van der Waals surface area (Å²) in [4.78, 5) is 55.3. The standard InChI is InChI=1S/C40H48N6O6/c1-4-6-21-43(22-7-5-2)40(50)36-23-28(3)45(42-36)37-20-17-32(41-38(48)14-10-11-29-15-18-33(19-16-29)46(51)52)25-35(37)39(49)44-26-31-13-9-8-12-30(31)24-34(44)27-47/h8-9,12-13,15-20,23,25,34,47H,4-7,10-11,14,21-22,24,26-27H2,1-3H3,(H,41,48)/t34-/m0/s1. The number of benzene rings is 3. The number of non-ortho nitro benzene ring substituents is 1. The van der Waals surface area contributed by atoms with Gasteiger partial charge in [-0.15, -0.1) is 0 Å². The predicted molar refractivity (Wildman–Crippen MR) is 200 cm³/mol. The van der Waals surface area contributed by atoms with Crippen LogP contribution in [0.15, 0.2) is 72.8 Å². The summed E-state index contributed by atoms with van der Waals surface area (Å²) in [5, 5.41) is 29.0. The molecule has 1 aliphatic heterocycles. The van der Waals surface area contributed by atoms with Gasteiger partial charge in [-0.25, -0.2) is 4.68 Å². The lowest BCUT2D eigenvalue weighted by molar-refractivity contribution is -0.384. The van der Waals surface area contributed by atoms with Crippen LogP contribution in [0.1, 0.15) is 95.6 Å². The fraction of sp³-hybridized carbons (Fsp3) is 0.400. The number of fused-ring (bicyclic) bond motifs is 1. The summed E-state index contributed by atoms with van der Waals surface area (Å²) in [7, 11) is 0. The zero-order chi connectivity index (χ0) is 37.2. The van der Waals surface area contributed by atoms with Gasteiger partial charge in [-0.05, 0) is 80.0 Å². The molecule has 0 radical (unpaired) electrons. The average Bonchev–Trinajstić information content (AvgIpc) is 3.54. The van der Waals surface area contributed by atoms with Gasteiger partial charge >= 0.3 is 0 Å². The van der Waals surface area contributed by atoms with Crippen LogP contribution in [0.2, 0.25) is 0 Å². The monoisotopic (exact) mass is 708 g/mol. The summed E-state index contributed by atoms with van der Waals surface area (Å²) in [5.74, 6) is -0.717. The second-order valence-corrected chi connectivity index (χ2v) is 13.4. The summed E-state index contributed by atoms with van der Waals surface area (Å²) in [6.45, 7) is 7.41. The number of nitrogens with zero attached hydrogens (tertiary/aromatic N) is 5. The number of aryl methyl sites for hydroxylation is 2. The molecule has 0 unspecified atom stereocenters. The maximum Gasteiger partial charge on any atom is 0.274 e. The van der Waals surface area contributed by atoms with Crippen LogP contribution >= 0.6 is 0 Å². The first-order chi connectivity index (χ1) is 25.1. The minimum atomic E-state index is -0.450. The number of nitro groups is 1. The molecule has 2 N–H and O–H groups in total. The Morgan fingerprint density at radius 2 is 1.65 bits per heavy atom. The molecule has 5 rings (SSSR count). The van der Waals surface area contributed by atoms with Gasteiger partial charge in [0, 0.05) is 49.6 Å². The highest BCUT2D eigenvalue weighted by atomic mass is 16.6. The van der Waals surface area contributed by atoms with Crippen LogP contribution in [0.3, 0.4) is 0 Å². The number of aliphatic hydroxyl groups excluding tert-OH is 1. The van der Waals surface area contributed by atoms with Crippen molar-refractivity contribution in [1.82, 2.24) is 19.6 Å². The van der Waals surface area contributed by atoms with Crippen molar-refractivity contribution in [2.75, 3.05) is 25.0 Å². The van der Waals surface area contributed by atoms with Crippen molar-refractivity contribution in [3.8, 4) is 5.69 Å². The van der Waals surface area contributed by atoms with E-state index in [1.807, 2.05) is 36.1 Å². The van der Waals surface area contributed by atoms with Crippen LogP contribution in [0.25, 0.3) is 5.69 Å². The third-order valence-corrected chi connectivity index (χ3v) is 9.54. The SMILES string of the molecule is CCCCN(CCCC)C(=O)c1cc(C)n(-c2ccc(NC(=O)CCCc3ccc([N+](=O)[O-])cc3)cc2C(=O)N2Cc3ccccc3C[C@H]2CO)n1. The molecule has 0 saturated carbocycles. The van der Waals surface area contributed by atoms with E-state index in [9.17, 15) is 29.6 Å². The smallest absolute Gasteiger partial charge is 0.274 e. The molecule has 1 aromatic heterocycles. The molecule has 52 heavy (non-hydrogen) atoms. The Hall–Kier alpha value is -5.36. The molecule has 1 aliphatic rings. The summed E-state index contributed by atoms with van der Waals surface area (Å²) in [6, 6.07) is 20.5. The topological polar surface area (TPSA) is 151 Å². The fourth-order valence-electron chi connectivity index (χ4n) is 6.57. The lowest BCUT2D eigenvalue weighted by atomic mass is 9.93. The van der Waals surface area contributed by atoms with Crippen molar-refractivity contribution in [3.05, 3.63) is 117 Å². The number of rotatable bonds is 16. The number of carbonyl (C=O) groups excluding carboxylic acids is 3. The Labute approximate surface area is 304 Å². The molecule has 0 spiro atoms. The van der Waals surface area contributed by atoms with E-state index in [-0.39, 0.29) is 42.0 Å². The van der Waals surface area contributed by atoms with Gasteiger partial charge in [-0.2, -0.15) is 5.10 Å². The van der Waals surface area contributed by atoms with Crippen molar-refractivity contribution in [2.45, 2.75) is 84.7 Å². The van der Waals surface area contributed by atoms with E-state index < -0.39 is 11.0 Å². The second kappa shape index (κ2) is 17.7. The highest BCUT2D eigenvalue weighted by Gasteiger charge is 2.32. The van der Waals surface area contributed by atoms with Crippen molar-refractivity contribution in [3.63, 3.8) is 0 Å². The first-order valence-corrected chi connectivity index (χ1v) is 18.2. The molecule has 0 bridgehead atoms. The van der Waals surface area contributed by atoms with Crippen LogP contribution in [0.4, 0.5) is 11.4 Å². The van der Waals surface area contributed by atoms with Crippen LogP contribution < -0.4 is 5.32 Å². The molecule has 1 atom stereocenters. The van der Waals surface area contributed by atoms with E-state index in [1.165, 1.54) is 12.1 Å². The summed E-state index contributed by atoms with van der Waals surface area (Å²) < 4.78 is 1.61. The first-order valence-electron chi connectivity index (χ1n) is 18.2. The molecule has 12 heteroatoms. The molecule has 0 fully saturated rings. The number of anilines is 1. The fourth-order valence-corrected chi connectivity index (χ4v) is 6.57. The molecule has 3 amide bonds. The largest absolute Gasteiger partial charge is 0.394 e. The van der Waals surface area contributed by atoms with E-state index in [1.54, 1.807) is 46.0 Å². The van der Waals surface area contributed by atoms with E-state index in [2.05, 4.69) is 19.2 Å². The number of hydrogen-bond acceptors (Lipinski definition) is 7. The minimum Gasteiger partial charge on any atom is -0.394 e. The van der Waals surface area contributed by atoms with E-state index in [0.29, 0.717) is 61.7 Å². The normalized spacial score (nSPS) is 13.8. The Kier molecular flexibility index (Phi) is 12.9. The number of hydrogen-bond donors (Lipinski definition) is 2. The van der Waals surface area contributed by atoms with Gasteiger partial charge in [0.15, 0.2) is 5.69 Å². The first kappa shape index (κ1) is 37.9. The highest BCUT2D eigenvalue weighted by Crippen LogP contribution is 2.29. The lowest BCUT2D eigenvalue weighted by Crippen LogP contribution is -2.46. The van der Waals surface area contributed by atoms with Crippen LogP contribution in [0, 0.1) is 17.0 Å². The molecular weight excluding hydrogens is 660 g/mol. The van der Waals surface area contributed by atoms with Gasteiger partial charge in [0.2, 0.25) is 5.91 Å². The minimum absolute atomic E-state index is 0.0170. The maximum absolute atomic E-state index is 14.5. The number of unbranched alkanes of at least 4 members (excludes halogenated alkanes) is 2. The molecular formula is C40H48N6O6. The van der Waals surface area contributed by atoms with Gasteiger partial charge in [-0.3, -0.25) is 24.5 Å². The number of amides is 3. The third-order valence-electron chi connectivity index (χ3n) is 9.54. The number of nitro benzene ring substituents is 1. The Balaban J connectivity index is 1.42. The van der Waals surface area contributed by atoms with Crippen molar-refractivity contribution < 1.29 is 24.4 Å². The van der Waals surface area contributed by atoms with E-state index in [0.717, 1.165) is 42.4 Å². The van der Waals surface area contributed by atoms with E-state index in [4.69, 9.17) is 5.10 Å². The predicted octanol–water partition coefficient (Wildman–Crippen LogP) is 6.65. The number of aliphatic hydroxyl groups is 1. The molecule has 4 aromatic rings. The highest BCUT2D eigenvalue weighted by molar-refractivity contribution is 6.01. The number of nitrogens with one attached hydrogen (secondary N) is 1. The quantitative estimate of drug-likeness (QED) is 0.0977. The Morgan fingerprint density at radius 1 is 0.962 bits per heavy atom. The molecule has 0 aliphatic carbocycles. The molecule has 274 valence electrons. The Bertz CT molecular complexity index is 1880. The van der Waals surface area contributed by atoms with Crippen molar-refractivity contribution in [2.24, 2.45) is 0 Å². The second-order valence-electron chi connectivity index (χ2n) is 13.4. The third kappa shape index (κ3) is 9.10. The summed E-state index contributed by atoms with van der Waals surface area (Å²) >= 11 is 0. The zero-order valence-electron chi connectivity index (χ0n) is 30.2. The van der Waals surface area contributed by atoms with Crippen LogP contribution in [-0.2, 0) is 24.2 Å². The van der Waals surface area contributed by atoms with Gasteiger partial charge < -0.3 is 20.2 Å². The zero-order valence-corrected chi connectivity index (χ0v) is 30.2. The average molecular weight is 709 g/mol. The van der Waals surface area contributed by atoms with Crippen molar-refractivity contribution >= 4 is 29.1 Å². The summed E-state index contributed by atoms with van der Waals surface area (Å²) in [6.07, 6.45) is 5.51. The van der Waals surface area contributed by atoms with Gasteiger partial charge in [0.25, 0.3) is 17.5 Å². The van der Waals surface area contributed by atoms with Gasteiger partial charge in [0.05, 0.1) is 28.8 Å². The van der Waals surface area contributed by atoms with Crippen molar-refractivity contribution in [1.29, 1.82) is 0 Å². The molecule has 3 aromatic carbocycles. The van der Waals surface area contributed by atoms with Gasteiger partial charge in [0.1, 0.15) is 0 Å². The number of carbonyl (C=O) groups is 3. The molecule has 12 nitrogen and oxygen atoms in total. The van der Waals surface area contributed by atoms with E-state index >= 15 is 0 Å². The maximum atomic E-state index is 14.5. The van der Waals surface area contributed by atoms with Gasteiger partial charge in [-0.1, -0.05) is 63.1 Å². The Morgan fingerprint density at radius 3 is 2.31 bits per heavy atom. The molecule has 2 heterocycles. The lowest BCUT2D eigenvalue weighted by Gasteiger charge is -2.36. The van der Waals surface area contributed by atoms with Crippen LogP contribution in [-0.4, -0.2) is 73.1 Å². The summed E-state index contributed by atoms with van der Waals surface area (Å²) in [5.41, 5.74) is 5.14. The van der Waals surface area contributed by atoms with Crippen LogP contribution in [0.5, 0.6) is 0 Å².